The average Bonchev–Trinajstić information content (AvgIpc) is 2.57. The molecule has 4 N–H and O–H groups in total. The molecule has 136 valence electrons. The van der Waals surface area contributed by atoms with E-state index in [0.717, 1.165) is 0 Å². The summed E-state index contributed by atoms with van der Waals surface area (Å²) >= 11 is 0. The van der Waals surface area contributed by atoms with Crippen molar-refractivity contribution in [3.8, 4) is 11.5 Å². The molecule has 2 rings (SSSR count). The summed E-state index contributed by atoms with van der Waals surface area (Å²) in [7, 11) is -4.51. The zero-order valence-electron chi connectivity index (χ0n) is 14.7. The molecule has 0 bridgehead atoms. The highest BCUT2D eigenvalue weighted by atomic mass is 31.2. The smallest absolute Gasteiger partial charge is 0.332 e. The third-order valence-electron chi connectivity index (χ3n) is 5.50. The molecule has 1 unspecified atom stereocenters. The summed E-state index contributed by atoms with van der Waals surface area (Å²) < 4.78 is 12.6. The fourth-order valence-electron chi connectivity index (χ4n) is 3.83. The van der Waals surface area contributed by atoms with E-state index in [2.05, 4.69) is 0 Å². The third-order valence-corrected chi connectivity index (χ3v) is 7.49. The SMILES string of the molecule is CCC(c1ccc(O)cc1)(c1ccc(O)cc1)C(C)(CC)P(=O)(O)O. The van der Waals surface area contributed by atoms with Crippen LogP contribution in [0, 0.1) is 0 Å². The molecule has 5 nitrogen and oxygen atoms in total. The predicted molar refractivity (Wildman–Crippen MR) is 98.0 cm³/mol. The molecule has 0 aliphatic rings. The van der Waals surface area contributed by atoms with E-state index in [1.165, 1.54) is 24.3 Å². The predicted octanol–water partition coefficient (Wildman–Crippen LogP) is 4.14. The molecule has 0 fully saturated rings. The average molecular weight is 364 g/mol. The highest BCUT2D eigenvalue weighted by molar-refractivity contribution is 7.53. The van der Waals surface area contributed by atoms with Crippen LogP contribution in [-0.4, -0.2) is 25.2 Å². The van der Waals surface area contributed by atoms with Crippen molar-refractivity contribution in [3.05, 3.63) is 59.7 Å². The molecule has 6 heteroatoms. The fraction of sp³-hybridized carbons (Fsp3) is 0.368. The van der Waals surface area contributed by atoms with E-state index < -0.39 is 18.2 Å². The summed E-state index contributed by atoms with van der Waals surface area (Å²) in [5, 5.41) is 17.9. The Bertz CT molecular complexity index is 718. The number of hydrogen-bond acceptors (Lipinski definition) is 3. The zero-order valence-corrected chi connectivity index (χ0v) is 15.6. The highest BCUT2D eigenvalue weighted by Gasteiger charge is 2.58. The van der Waals surface area contributed by atoms with Gasteiger partial charge in [-0.2, -0.15) is 0 Å². The molecule has 0 aromatic heterocycles. The molecule has 25 heavy (non-hydrogen) atoms. The standard InChI is InChI=1S/C19H25O5P/c1-4-18(3,25(22,23)24)19(5-2,14-6-10-16(20)11-7-14)15-8-12-17(21)13-9-15/h6-13,20-21H,4-5H2,1-3H3,(H2,22,23,24). The van der Waals surface area contributed by atoms with Crippen molar-refractivity contribution >= 4 is 7.60 Å². The lowest BCUT2D eigenvalue weighted by Crippen LogP contribution is -2.49. The maximum atomic E-state index is 12.6. The van der Waals surface area contributed by atoms with Crippen LogP contribution in [0.1, 0.15) is 44.7 Å². The van der Waals surface area contributed by atoms with Crippen LogP contribution < -0.4 is 0 Å². The van der Waals surface area contributed by atoms with E-state index in [9.17, 15) is 24.6 Å². The molecule has 0 saturated carbocycles. The molecule has 0 radical (unpaired) electrons. The molecule has 0 saturated heterocycles. The Morgan fingerprint density at radius 3 is 1.40 bits per heavy atom. The number of hydrogen-bond donors (Lipinski definition) is 4. The maximum absolute atomic E-state index is 12.6. The van der Waals surface area contributed by atoms with Crippen LogP contribution in [0.25, 0.3) is 0 Å². The number of aromatic hydroxyl groups is 2. The van der Waals surface area contributed by atoms with Crippen molar-refractivity contribution in [1.29, 1.82) is 0 Å². The van der Waals surface area contributed by atoms with Crippen molar-refractivity contribution in [2.75, 3.05) is 0 Å². The molecule has 0 amide bonds. The molecule has 0 aliphatic heterocycles. The van der Waals surface area contributed by atoms with E-state index in [1.807, 2.05) is 6.92 Å². The van der Waals surface area contributed by atoms with Gasteiger partial charge in [0, 0.05) is 5.41 Å². The second-order valence-electron chi connectivity index (χ2n) is 6.52. The van der Waals surface area contributed by atoms with Crippen molar-refractivity contribution in [3.63, 3.8) is 0 Å². The molecule has 2 aromatic carbocycles. The number of phenolic OH excluding ortho intramolecular Hbond substituents is 2. The van der Waals surface area contributed by atoms with Crippen LogP contribution in [0.3, 0.4) is 0 Å². The highest BCUT2D eigenvalue weighted by Crippen LogP contribution is 2.64. The van der Waals surface area contributed by atoms with Crippen molar-refractivity contribution < 1.29 is 24.6 Å². The fourth-order valence-corrected chi connectivity index (χ4v) is 5.15. The first-order valence-electron chi connectivity index (χ1n) is 8.27. The molecular formula is C19H25O5P. The van der Waals surface area contributed by atoms with Crippen molar-refractivity contribution in [1.82, 2.24) is 0 Å². The normalized spacial score (nSPS) is 14.9. The summed E-state index contributed by atoms with van der Waals surface area (Å²) in [6.07, 6.45) is 0.699. The maximum Gasteiger partial charge on any atom is 0.332 e. The lowest BCUT2D eigenvalue weighted by Gasteiger charge is -2.49. The van der Waals surface area contributed by atoms with E-state index >= 15 is 0 Å². The Morgan fingerprint density at radius 1 is 0.800 bits per heavy atom. The summed E-state index contributed by atoms with van der Waals surface area (Å²) in [4.78, 5) is 20.5. The van der Waals surface area contributed by atoms with E-state index in [-0.39, 0.29) is 17.9 Å². The summed E-state index contributed by atoms with van der Waals surface area (Å²) in [6, 6.07) is 12.9. The van der Waals surface area contributed by atoms with Gasteiger partial charge in [-0.1, -0.05) is 38.1 Å². The molecule has 2 aromatic rings. The van der Waals surface area contributed by atoms with Gasteiger partial charge in [0.05, 0.1) is 5.16 Å². The van der Waals surface area contributed by atoms with Gasteiger partial charge in [-0.15, -0.1) is 0 Å². The third kappa shape index (κ3) is 3.08. The van der Waals surface area contributed by atoms with Crippen LogP contribution in [0.5, 0.6) is 11.5 Å². The van der Waals surface area contributed by atoms with Crippen LogP contribution in [0.15, 0.2) is 48.5 Å². The molecule has 1 atom stereocenters. The lowest BCUT2D eigenvalue weighted by molar-refractivity contribution is 0.260. The Kier molecular flexibility index (Phi) is 5.33. The topological polar surface area (TPSA) is 98.0 Å². The van der Waals surface area contributed by atoms with Gasteiger partial charge in [-0.05, 0) is 55.2 Å². The second-order valence-corrected chi connectivity index (χ2v) is 8.60. The molecule has 0 heterocycles. The van der Waals surface area contributed by atoms with E-state index in [1.54, 1.807) is 38.1 Å². The number of benzene rings is 2. The number of rotatable bonds is 6. The van der Waals surface area contributed by atoms with Gasteiger partial charge in [-0.3, -0.25) is 4.57 Å². The minimum atomic E-state index is -4.51. The van der Waals surface area contributed by atoms with Gasteiger partial charge in [0.2, 0.25) is 0 Å². The molecule has 0 spiro atoms. The van der Waals surface area contributed by atoms with Crippen molar-refractivity contribution in [2.45, 2.75) is 44.2 Å². The van der Waals surface area contributed by atoms with E-state index in [0.29, 0.717) is 17.5 Å². The van der Waals surface area contributed by atoms with Crippen LogP contribution in [0.4, 0.5) is 0 Å². The first-order chi connectivity index (χ1) is 11.6. The van der Waals surface area contributed by atoms with Gasteiger partial charge in [0.15, 0.2) is 0 Å². The Hall–Kier alpha value is -1.81. The largest absolute Gasteiger partial charge is 0.508 e. The minimum Gasteiger partial charge on any atom is -0.508 e. The Balaban J connectivity index is 2.89. The molecular weight excluding hydrogens is 339 g/mol. The Labute approximate surface area is 148 Å². The lowest BCUT2D eigenvalue weighted by atomic mass is 9.63. The van der Waals surface area contributed by atoms with Gasteiger partial charge in [0.1, 0.15) is 11.5 Å². The summed E-state index contributed by atoms with van der Waals surface area (Å²) in [6.45, 7) is 5.27. The van der Waals surface area contributed by atoms with Gasteiger partial charge in [0.25, 0.3) is 0 Å². The quantitative estimate of drug-likeness (QED) is 0.578. The van der Waals surface area contributed by atoms with Gasteiger partial charge >= 0.3 is 7.60 Å². The Morgan fingerprint density at radius 2 is 1.16 bits per heavy atom. The number of phenols is 2. The summed E-state index contributed by atoms with van der Waals surface area (Å²) in [5.74, 6) is 0.183. The van der Waals surface area contributed by atoms with Crippen LogP contribution >= 0.6 is 7.60 Å². The van der Waals surface area contributed by atoms with Crippen LogP contribution in [0.2, 0.25) is 0 Å². The van der Waals surface area contributed by atoms with Crippen molar-refractivity contribution in [2.24, 2.45) is 0 Å². The summed E-state index contributed by atoms with van der Waals surface area (Å²) in [5.41, 5.74) is 0.444. The molecule has 0 aliphatic carbocycles. The zero-order chi connectivity index (χ0) is 18.9. The van der Waals surface area contributed by atoms with E-state index in [4.69, 9.17) is 0 Å². The monoisotopic (exact) mass is 364 g/mol. The minimum absolute atomic E-state index is 0.0915. The van der Waals surface area contributed by atoms with Gasteiger partial charge < -0.3 is 20.0 Å². The first kappa shape index (κ1) is 19.5. The van der Waals surface area contributed by atoms with Crippen LogP contribution in [-0.2, 0) is 9.98 Å². The van der Waals surface area contributed by atoms with Gasteiger partial charge in [-0.25, -0.2) is 0 Å². The second kappa shape index (κ2) is 6.83. The first-order valence-corrected chi connectivity index (χ1v) is 9.88.